The molecule has 1 heterocycles. The van der Waals surface area contributed by atoms with Gasteiger partial charge in [0.15, 0.2) is 24.8 Å². The number of ketones is 2. The van der Waals surface area contributed by atoms with Crippen molar-refractivity contribution in [3.05, 3.63) is 35.9 Å². The van der Waals surface area contributed by atoms with E-state index in [4.69, 9.17) is 9.47 Å². The van der Waals surface area contributed by atoms with E-state index in [-0.39, 0.29) is 50.5 Å². The van der Waals surface area contributed by atoms with Crippen LogP contribution in [-0.2, 0) is 68.6 Å². The molecule has 26 nitrogen and oxygen atoms in total. The molecule has 0 radical (unpaired) electrons. The van der Waals surface area contributed by atoms with Crippen molar-refractivity contribution in [2.45, 2.75) is 232 Å². The SMILES string of the molecule is CCCCCCCC(=O)NC(C)(C)C(=O)N1CCC[C@H]1C(=O)N[C@@H](Cc1ccccc1)C(=O)NC(C)(C)C(=O)COC(=O)N[C@@H](CC)C(=O)NC(C)(C)C(=O)NC(C)(C)C(=O)COC(=O)N[C@@H](CC)C(=O)N[C@@H](C)C(=O)N[C@@H](CC(C)C)C(=O)O. The Kier molecular flexibility index (Phi) is 29.1. The van der Waals surface area contributed by atoms with Gasteiger partial charge in [0.05, 0.1) is 11.1 Å². The Morgan fingerprint density at radius 1 is 0.576 bits per heavy atom. The Bertz CT molecular complexity index is 2530. The number of unbranched alkanes of at least 4 members (excludes halogenated alkanes) is 4. The Labute approximate surface area is 499 Å². The minimum atomic E-state index is -1.72. The number of carbonyl (C=O) groups is 13. The molecule has 0 bridgehead atoms. The van der Waals surface area contributed by atoms with E-state index in [0.29, 0.717) is 24.8 Å². The molecular formula is C59H94N10O16. The molecule has 6 atom stereocenters. The van der Waals surface area contributed by atoms with Crippen molar-refractivity contribution in [3.8, 4) is 0 Å². The Morgan fingerprint density at radius 2 is 1.09 bits per heavy atom. The molecule has 26 heteroatoms. The maximum atomic E-state index is 14.1. The lowest BCUT2D eigenvalue weighted by Gasteiger charge is -2.34. The van der Waals surface area contributed by atoms with E-state index in [0.717, 1.165) is 25.7 Å². The number of hydrogen-bond donors (Lipinski definition) is 10. The normalized spacial score (nSPS) is 15.3. The van der Waals surface area contributed by atoms with Gasteiger partial charge in [0.25, 0.3) is 0 Å². The number of carboxylic acid groups (broad SMARTS) is 1. The van der Waals surface area contributed by atoms with Crippen LogP contribution in [0.15, 0.2) is 30.3 Å². The molecule has 0 spiro atoms. The number of ether oxygens (including phenoxy) is 2. The molecule has 1 aliphatic rings. The number of Topliss-reactive ketones (excluding diaryl/α,β-unsaturated/α-hetero) is 2. The van der Waals surface area contributed by atoms with Crippen molar-refractivity contribution >= 4 is 77.0 Å². The van der Waals surface area contributed by atoms with Gasteiger partial charge >= 0.3 is 18.2 Å². The molecular weight excluding hydrogens is 1100 g/mol. The van der Waals surface area contributed by atoms with Gasteiger partial charge in [-0.1, -0.05) is 90.6 Å². The first-order valence-electron chi connectivity index (χ1n) is 29.2. The van der Waals surface area contributed by atoms with E-state index in [1.165, 1.54) is 53.4 Å². The summed E-state index contributed by atoms with van der Waals surface area (Å²) in [6.07, 6.45) is 3.62. The van der Waals surface area contributed by atoms with E-state index < -0.39 is 143 Å². The highest BCUT2D eigenvalue weighted by Crippen LogP contribution is 2.23. The molecule has 0 saturated carbocycles. The number of aliphatic carboxylic acids is 1. The average molecular weight is 1200 g/mol. The lowest BCUT2D eigenvalue weighted by Crippen LogP contribution is -2.63. The van der Waals surface area contributed by atoms with Gasteiger partial charge in [-0.15, -0.1) is 0 Å². The van der Waals surface area contributed by atoms with Crippen molar-refractivity contribution in [2.75, 3.05) is 19.8 Å². The summed E-state index contributed by atoms with van der Waals surface area (Å²) in [5, 5.41) is 32.2. The smallest absolute Gasteiger partial charge is 0.408 e. The topological polar surface area (TPSA) is 372 Å². The summed E-state index contributed by atoms with van der Waals surface area (Å²) >= 11 is 0. The quantitative estimate of drug-likeness (QED) is 0.0437. The second-order valence-corrected chi connectivity index (χ2v) is 24.0. The van der Waals surface area contributed by atoms with Crippen LogP contribution in [0, 0.1) is 5.92 Å². The predicted molar refractivity (Wildman–Crippen MR) is 313 cm³/mol. The summed E-state index contributed by atoms with van der Waals surface area (Å²) in [6, 6.07) is 1.73. The molecule has 0 unspecified atom stereocenters. The van der Waals surface area contributed by atoms with Crippen LogP contribution in [0.5, 0.6) is 0 Å². The minimum absolute atomic E-state index is 0.00233. The zero-order chi connectivity index (χ0) is 64.6. The maximum absolute atomic E-state index is 14.1. The third-order valence-electron chi connectivity index (χ3n) is 14.3. The summed E-state index contributed by atoms with van der Waals surface area (Å²) in [7, 11) is 0. The van der Waals surface area contributed by atoms with Crippen LogP contribution >= 0.6 is 0 Å². The van der Waals surface area contributed by atoms with E-state index in [2.05, 4.69) is 54.8 Å². The summed E-state index contributed by atoms with van der Waals surface area (Å²) in [6.45, 7) is 19.8. The van der Waals surface area contributed by atoms with Crippen molar-refractivity contribution < 1.29 is 76.9 Å². The molecule has 2 rings (SSSR count). The first-order valence-corrected chi connectivity index (χ1v) is 29.2. The number of amides is 10. The number of likely N-dealkylation sites (tertiary alicyclic amines) is 1. The lowest BCUT2D eigenvalue weighted by molar-refractivity contribution is -0.145. The molecule has 1 saturated heterocycles. The van der Waals surface area contributed by atoms with Gasteiger partial charge in [0.2, 0.25) is 47.3 Å². The lowest BCUT2D eigenvalue weighted by atomic mass is 9.96. The zero-order valence-corrected chi connectivity index (χ0v) is 52.1. The largest absolute Gasteiger partial charge is 0.480 e. The number of rotatable bonds is 35. The summed E-state index contributed by atoms with van der Waals surface area (Å²) in [4.78, 5) is 173. The monoisotopic (exact) mass is 1200 g/mol. The number of hydrogen-bond acceptors (Lipinski definition) is 15. The number of carboxylic acids is 1. The summed E-state index contributed by atoms with van der Waals surface area (Å²) in [5.41, 5.74) is -5.74. The number of benzene rings is 1. The van der Waals surface area contributed by atoms with E-state index in [1.807, 2.05) is 0 Å². The summed E-state index contributed by atoms with van der Waals surface area (Å²) in [5.74, 6) is -8.17. The first kappa shape index (κ1) is 73.4. The van der Waals surface area contributed by atoms with Gasteiger partial charge < -0.3 is 67.3 Å². The van der Waals surface area contributed by atoms with Crippen molar-refractivity contribution in [3.63, 3.8) is 0 Å². The van der Waals surface area contributed by atoms with Crippen LogP contribution in [-0.4, -0.2) is 165 Å². The Balaban J connectivity index is 2.01. The molecule has 85 heavy (non-hydrogen) atoms. The molecule has 1 aliphatic heterocycles. The van der Waals surface area contributed by atoms with Gasteiger partial charge in [-0.3, -0.25) is 47.9 Å². The van der Waals surface area contributed by atoms with Crippen LogP contribution < -0.4 is 47.9 Å². The summed E-state index contributed by atoms with van der Waals surface area (Å²) < 4.78 is 10.2. The first-order chi connectivity index (χ1) is 39.5. The molecule has 1 aromatic rings. The predicted octanol–water partition coefficient (Wildman–Crippen LogP) is 2.91. The maximum Gasteiger partial charge on any atom is 0.408 e. The van der Waals surface area contributed by atoms with Crippen molar-refractivity contribution in [1.29, 1.82) is 0 Å². The van der Waals surface area contributed by atoms with Gasteiger partial charge in [-0.25, -0.2) is 14.4 Å². The molecule has 0 aliphatic carbocycles. The second kappa shape index (κ2) is 33.7. The van der Waals surface area contributed by atoms with E-state index in [1.54, 1.807) is 71.9 Å². The molecule has 0 aromatic heterocycles. The molecule has 1 fully saturated rings. The second-order valence-electron chi connectivity index (χ2n) is 24.0. The number of nitrogens with one attached hydrogen (secondary N) is 9. The van der Waals surface area contributed by atoms with E-state index in [9.17, 15) is 67.4 Å². The van der Waals surface area contributed by atoms with Gasteiger partial charge in [0.1, 0.15) is 47.3 Å². The Hall–Kier alpha value is -7.67. The minimum Gasteiger partial charge on any atom is -0.480 e. The Morgan fingerprint density at radius 3 is 1.62 bits per heavy atom. The zero-order valence-electron chi connectivity index (χ0n) is 52.1. The number of nitrogens with zero attached hydrogens (tertiary/aromatic N) is 1. The fourth-order valence-electron chi connectivity index (χ4n) is 8.81. The van der Waals surface area contributed by atoms with Gasteiger partial charge in [-0.2, -0.15) is 0 Å². The van der Waals surface area contributed by atoms with Gasteiger partial charge in [-0.05, 0) is 112 Å². The van der Waals surface area contributed by atoms with Crippen molar-refractivity contribution in [2.24, 2.45) is 5.92 Å². The highest BCUT2D eigenvalue weighted by Gasteiger charge is 2.44. The van der Waals surface area contributed by atoms with Crippen LogP contribution in [0.2, 0.25) is 0 Å². The van der Waals surface area contributed by atoms with Crippen LogP contribution in [0.4, 0.5) is 9.59 Å². The molecule has 10 N–H and O–H groups in total. The molecule has 476 valence electrons. The third kappa shape index (κ3) is 24.5. The van der Waals surface area contributed by atoms with Crippen LogP contribution in [0.3, 0.4) is 0 Å². The van der Waals surface area contributed by atoms with Crippen molar-refractivity contribution in [1.82, 2.24) is 52.8 Å². The fourth-order valence-corrected chi connectivity index (χ4v) is 8.81. The number of carbonyl (C=O) groups excluding carboxylic acids is 12. The highest BCUT2D eigenvalue weighted by molar-refractivity contribution is 6.00. The highest BCUT2D eigenvalue weighted by atomic mass is 16.6. The number of alkyl carbamates (subject to hydrolysis) is 2. The van der Waals surface area contributed by atoms with Crippen LogP contribution in [0.25, 0.3) is 0 Å². The average Bonchev–Trinajstić information content (AvgIpc) is 2.58. The van der Waals surface area contributed by atoms with E-state index >= 15 is 0 Å². The van der Waals surface area contributed by atoms with Crippen LogP contribution in [0.1, 0.15) is 173 Å². The van der Waals surface area contributed by atoms with Gasteiger partial charge in [0, 0.05) is 19.4 Å². The standard InChI is InChI=1S/C59H94N10O16/c1-15-18-19-20-24-29-45(72)65-59(13,14)53(81)69-30-25-28-42(69)50(77)61-40(32-37-26-22-21-23-27-37)49(76)66-56(7,8)43(70)33-84-55(83)64-39(17-3)48(75)67-58(11,12)52(80)68-57(9,10)44(71)34-85-54(82)63-38(16-2)47(74)60-36(6)46(73)62-41(51(78)79)31-35(4)5/h21-23,26-27,35-36,38-42H,15-20,24-25,28-34H2,1-14H3,(H,60,74)(H,61,77)(H,62,73)(H,63,82)(H,64,83)(H,65,72)(H,66,76)(H,67,75)(H,68,80)(H,78,79)/t36-,38-,39-,40-,41-,42-/m0/s1. The fraction of sp³-hybridized carbons (Fsp3) is 0.678. The molecule has 10 amide bonds. The molecule has 1 aromatic carbocycles. The third-order valence-corrected chi connectivity index (χ3v) is 14.3.